The maximum absolute atomic E-state index is 10.8. The molecule has 2 aromatic carbocycles. The van der Waals surface area contributed by atoms with Crippen molar-refractivity contribution in [2.24, 2.45) is 0 Å². The van der Waals surface area contributed by atoms with Gasteiger partial charge in [0.25, 0.3) is 0 Å². The van der Waals surface area contributed by atoms with Gasteiger partial charge in [0.15, 0.2) is 5.60 Å². The lowest BCUT2D eigenvalue weighted by atomic mass is 9.68. The molecule has 2 aromatic rings. The van der Waals surface area contributed by atoms with Crippen molar-refractivity contribution >= 4 is 10.8 Å². The Balaban J connectivity index is 1.60. The summed E-state index contributed by atoms with van der Waals surface area (Å²) in [4.78, 5) is 0. The second kappa shape index (κ2) is 4.29. The second-order valence-corrected chi connectivity index (χ2v) is 7.19. The number of benzene rings is 2. The number of ether oxygens (including phenoxy) is 3. The summed E-state index contributed by atoms with van der Waals surface area (Å²) in [5, 5.41) is 33.6. The SMILES string of the molecule is O[C@@H]1C=C[C@H](O)[C@]23O[C@]12C1(C=C[C@@H]3O)Oc2cccc3cccc(c23)O1. The average molecular weight is 352 g/mol. The van der Waals surface area contributed by atoms with Crippen LogP contribution in [0.5, 0.6) is 11.5 Å². The van der Waals surface area contributed by atoms with Crippen LogP contribution in [0.3, 0.4) is 0 Å². The van der Waals surface area contributed by atoms with Gasteiger partial charge in [-0.1, -0.05) is 36.4 Å². The van der Waals surface area contributed by atoms with Crippen molar-refractivity contribution in [3.05, 3.63) is 60.7 Å². The average Bonchev–Trinajstić information content (AvgIpc) is 3.39. The number of aliphatic hydroxyl groups excluding tert-OH is 3. The third kappa shape index (κ3) is 1.35. The second-order valence-electron chi connectivity index (χ2n) is 7.19. The van der Waals surface area contributed by atoms with E-state index in [9.17, 15) is 15.3 Å². The van der Waals surface area contributed by atoms with Crippen molar-refractivity contribution in [3.63, 3.8) is 0 Å². The predicted octanol–water partition coefficient (Wildman–Crippen LogP) is 1.04. The van der Waals surface area contributed by atoms with Crippen molar-refractivity contribution in [3.8, 4) is 11.5 Å². The number of hydrogen-bond acceptors (Lipinski definition) is 6. The van der Waals surface area contributed by atoms with Gasteiger partial charge >= 0.3 is 5.79 Å². The monoisotopic (exact) mass is 352 g/mol. The van der Waals surface area contributed by atoms with E-state index in [4.69, 9.17) is 14.2 Å². The molecule has 5 atom stereocenters. The van der Waals surface area contributed by atoms with Crippen LogP contribution in [0.25, 0.3) is 10.8 Å². The lowest BCUT2D eigenvalue weighted by Crippen LogP contribution is -2.69. The fourth-order valence-corrected chi connectivity index (χ4v) is 4.80. The zero-order valence-corrected chi connectivity index (χ0v) is 13.6. The molecule has 2 aliphatic carbocycles. The quantitative estimate of drug-likeness (QED) is 0.485. The van der Waals surface area contributed by atoms with Gasteiger partial charge in [-0.2, -0.15) is 0 Å². The molecule has 0 bridgehead atoms. The van der Waals surface area contributed by atoms with E-state index in [1.54, 1.807) is 6.08 Å². The molecule has 0 saturated carbocycles. The molecule has 1 fully saturated rings. The molecule has 0 radical (unpaired) electrons. The first-order valence-corrected chi connectivity index (χ1v) is 8.56. The first-order valence-electron chi connectivity index (χ1n) is 8.56. The maximum Gasteiger partial charge on any atom is 0.306 e. The van der Waals surface area contributed by atoms with Gasteiger partial charge in [0, 0.05) is 6.08 Å². The normalized spacial score (nSPS) is 40.5. The molecule has 1 saturated heterocycles. The van der Waals surface area contributed by atoms with E-state index in [-0.39, 0.29) is 0 Å². The highest BCUT2D eigenvalue weighted by Crippen LogP contribution is 2.67. The molecule has 3 N–H and O–H groups in total. The van der Waals surface area contributed by atoms with E-state index in [2.05, 4.69) is 0 Å². The minimum Gasteiger partial charge on any atom is -0.445 e. The molecule has 6 rings (SSSR count). The molecule has 0 aromatic heterocycles. The fraction of sp³-hybridized carbons (Fsp3) is 0.300. The summed E-state index contributed by atoms with van der Waals surface area (Å²) in [7, 11) is 0. The van der Waals surface area contributed by atoms with E-state index < -0.39 is 35.3 Å². The summed E-state index contributed by atoms with van der Waals surface area (Å²) in [6.07, 6.45) is 2.66. The largest absolute Gasteiger partial charge is 0.445 e. The molecule has 0 amide bonds. The standard InChI is InChI=1S/C20H16O6/c21-14-7-8-16(23)20-18(10-9-15(22)19(14,20)26-20)24-12-5-1-3-11-4-2-6-13(25-18)17(11)12/h1-10,14-16,21-23H/t14-,15-,16+,19+,20-/m0/s1. The third-order valence-corrected chi connectivity index (χ3v) is 6.01. The van der Waals surface area contributed by atoms with Crippen LogP contribution in [-0.4, -0.2) is 50.6 Å². The summed E-state index contributed by atoms with van der Waals surface area (Å²) in [5.41, 5.74) is -2.85. The Bertz CT molecular complexity index is 972. The van der Waals surface area contributed by atoms with Gasteiger partial charge in [-0.05, 0) is 23.6 Å². The first-order chi connectivity index (χ1) is 12.5. The Morgan fingerprint density at radius 2 is 1.38 bits per heavy atom. The number of epoxide rings is 1. The number of hydrogen-bond donors (Lipinski definition) is 3. The van der Waals surface area contributed by atoms with Crippen molar-refractivity contribution in [2.45, 2.75) is 35.3 Å². The van der Waals surface area contributed by atoms with Crippen LogP contribution in [0.15, 0.2) is 60.7 Å². The molecule has 6 heteroatoms. The molecular weight excluding hydrogens is 336 g/mol. The molecule has 26 heavy (non-hydrogen) atoms. The minimum atomic E-state index is -1.50. The predicted molar refractivity (Wildman–Crippen MR) is 90.8 cm³/mol. The van der Waals surface area contributed by atoms with Gasteiger partial charge in [0.2, 0.25) is 5.60 Å². The summed E-state index contributed by atoms with van der Waals surface area (Å²) in [6, 6.07) is 11.4. The lowest BCUT2D eigenvalue weighted by Gasteiger charge is -2.46. The molecule has 0 unspecified atom stereocenters. The summed E-state index contributed by atoms with van der Waals surface area (Å²) in [6.45, 7) is 0. The van der Waals surface area contributed by atoms with Crippen LogP contribution in [-0.2, 0) is 4.74 Å². The van der Waals surface area contributed by atoms with E-state index in [0.717, 1.165) is 10.8 Å². The Morgan fingerprint density at radius 1 is 0.769 bits per heavy atom. The first kappa shape index (κ1) is 14.8. The Kier molecular flexibility index (Phi) is 2.44. The summed E-state index contributed by atoms with van der Waals surface area (Å²) < 4.78 is 18.4. The smallest absolute Gasteiger partial charge is 0.306 e. The van der Waals surface area contributed by atoms with E-state index in [1.165, 1.54) is 18.2 Å². The van der Waals surface area contributed by atoms with Crippen LogP contribution >= 0.6 is 0 Å². The van der Waals surface area contributed by atoms with Gasteiger partial charge < -0.3 is 29.5 Å². The molecule has 1 spiro atoms. The third-order valence-electron chi connectivity index (χ3n) is 6.01. The zero-order chi connectivity index (χ0) is 17.7. The molecule has 6 nitrogen and oxygen atoms in total. The van der Waals surface area contributed by atoms with Gasteiger partial charge in [-0.15, -0.1) is 0 Å². The molecule has 2 heterocycles. The Labute approximate surface area is 148 Å². The molecule has 2 aliphatic heterocycles. The van der Waals surface area contributed by atoms with Crippen LogP contribution in [0.2, 0.25) is 0 Å². The maximum atomic E-state index is 10.8. The number of rotatable bonds is 0. The minimum absolute atomic E-state index is 0.598. The van der Waals surface area contributed by atoms with Crippen molar-refractivity contribution < 1.29 is 29.5 Å². The molecular formula is C20H16O6. The Hall–Kier alpha value is -2.38. The highest BCUT2D eigenvalue weighted by atomic mass is 16.8. The van der Waals surface area contributed by atoms with Gasteiger partial charge in [0.1, 0.15) is 29.8 Å². The summed E-state index contributed by atoms with van der Waals surface area (Å²) >= 11 is 0. The molecule has 4 aliphatic rings. The van der Waals surface area contributed by atoms with Crippen molar-refractivity contribution in [1.82, 2.24) is 0 Å². The van der Waals surface area contributed by atoms with Gasteiger partial charge in [-0.3, -0.25) is 0 Å². The van der Waals surface area contributed by atoms with E-state index in [0.29, 0.717) is 11.5 Å². The van der Waals surface area contributed by atoms with Crippen molar-refractivity contribution in [1.29, 1.82) is 0 Å². The van der Waals surface area contributed by atoms with Crippen LogP contribution < -0.4 is 9.47 Å². The summed E-state index contributed by atoms with van der Waals surface area (Å²) in [5.74, 6) is -0.305. The topological polar surface area (TPSA) is 91.7 Å². The van der Waals surface area contributed by atoms with Crippen molar-refractivity contribution in [2.75, 3.05) is 0 Å². The van der Waals surface area contributed by atoms with Crippen LogP contribution in [0.4, 0.5) is 0 Å². The van der Waals surface area contributed by atoms with E-state index >= 15 is 0 Å². The fourth-order valence-electron chi connectivity index (χ4n) is 4.80. The Morgan fingerprint density at radius 3 is 2.08 bits per heavy atom. The van der Waals surface area contributed by atoms with Gasteiger partial charge in [-0.25, -0.2) is 0 Å². The van der Waals surface area contributed by atoms with Crippen LogP contribution in [0.1, 0.15) is 0 Å². The lowest BCUT2D eigenvalue weighted by molar-refractivity contribution is -0.162. The molecule has 132 valence electrons. The van der Waals surface area contributed by atoms with E-state index in [1.807, 2.05) is 36.4 Å². The number of aliphatic hydroxyl groups is 3. The highest BCUT2D eigenvalue weighted by molar-refractivity contribution is 5.94. The zero-order valence-electron chi connectivity index (χ0n) is 13.6. The van der Waals surface area contributed by atoms with Gasteiger partial charge in [0.05, 0.1) is 5.39 Å². The van der Waals surface area contributed by atoms with Crippen LogP contribution in [0, 0.1) is 0 Å². The highest BCUT2D eigenvalue weighted by Gasteiger charge is 2.91.